The number of hydrogen-bond donors (Lipinski definition) is 1. The fraction of sp³-hybridized carbons (Fsp3) is 0.400. The van der Waals surface area contributed by atoms with Gasteiger partial charge in [-0.15, -0.1) is 0 Å². The van der Waals surface area contributed by atoms with Gasteiger partial charge in [0.25, 0.3) is 0 Å². The molecule has 3 rings (SSSR count). The molecule has 1 heterocycles. The molecule has 1 N–H and O–H groups in total. The molecule has 0 saturated carbocycles. The van der Waals surface area contributed by atoms with Crippen LogP contribution in [0.3, 0.4) is 0 Å². The Balaban J connectivity index is 2.11. The van der Waals surface area contributed by atoms with Gasteiger partial charge in [-0.05, 0) is 35.4 Å². The van der Waals surface area contributed by atoms with Crippen molar-refractivity contribution in [3.8, 4) is 11.5 Å². The first-order chi connectivity index (χ1) is 13.3. The van der Waals surface area contributed by atoms with Crippen LogP contribution in [0.25, 0.3) is 0 Å². The van der Waals surface area contributed by atoms with Crippen LogP contribution in [0, 0.1) is 0 Å². The molecule has 0 spiro atoms. The van der Waals surface area contributed by atoms with E-state index in [2.05, 4.69) is 10.2 Å². The number of methoxy groups -OCH3 is 2. The third kappa shape index (κ3) is 4.37. The number of rotatable bonds is 5. The zero-order valence-electron chi connectivity index (χ0n) is 15.6. The van der Waals surface area contributed by atoms with Crippen molar-refractivity contribution in [2.45, 2.75) is 12.2 Å². The van der Waals surface area contributed by atoms with Gasteiger partial charge in [0.1, 0.15) is 0 Å². The minimum absolute atomic E-state index is 0.303. The second-order valence-electron chi connectivity index (χ2n) is 6.54. The lowest BCUT2D eigenvalue weighted by Crippen LogP contribution is -2.45. The van der Waals surface area contributed by atoms with Crippen molar-refractivity contribution < 1.29 is 22.6 Å². The fourth-order valence-corrected chi connectivity index (χ4v) is 3.73. The van der Waals surface area contributed by atoms with Crippen LogP contribution in [0.4, 0.5) is 13.2 Å². The van der Waals surface area contributed by atoms with E-state index in [1.165, 1.54) is 13.2 Å². The molecule has 0 radical (unpaired) electrons. The standard InChI is InChI=1S/C20H22ClF3N2O2/c1-27-17-6-4-14(12-18(17)28-2)19(26-9-7-25-8-10-26)13-3-5-16(21)15(11-13)20(22,23)24/h3-6,11-12,19,25H,7-10H2,1-2H3. The number of benzene rings is 2. The average Bonchev–Trinajstić information content (AvgIpc) is 2.69. The van der Waals surface area contributed by atoms with Crippen LogP contribution >= 0.6 is 11.6 Å². The second-order valence-corrected chi connectivity index (χ2v) is 6.95. The van der Waals surface area contributed by atoms with E-state index in [-0.39, 0.29) is 11.1 Å². The molecule has 0 aliphatic carbocycles. The Bertz CT molecular complexity index is 824. The van der Waals surface area contributed by atoms with E-state index >= 15 is 0 Å². The summed E-state index contributed by atoms with van der Waals surface area (Å²) in [5, 5.41) is 2.97. The van der Waals surface area contributed by atoms with Crippen molar-refractivity contribution in [1.82, 2.24) is 10.2 Å². The Hall–Kier alpha value is -1.96. The minimum atomic E-state index is -4.52. The number of alkyl halides is 3. The van der Waals surface area contributed by atoms with Gasteiger partial charge in [-0.25, -0.2) is 0 Å². The van der Waals surface area contributed by atoms with Gasteiger partial charge < -0.3 is 14.8 Å². The Labute approximate surface area is 167 Å². The largest absolute Gasteiger partial charge is 0.493 e. The maximum absolute atomic E-state index is 13.4. The van der Waals surface area contributed by atoms with E-state index in [0.717, 1.165) is 24.7 Å². The maximum Gasteiger partial charge on any atom is 0.417 e. The molecule has 28 heavy (non-hydrogen) atoms. The number of ether oxygens (including phenoxy) is 2. The molecule has 0 aromatic heterocycles. The highest BCUT2D eigenvalue weighted by molar-refractivity contribution is 6.31. The summed E-state index contributed by atoms with van der Waals surface area (Å²) in [6, 6.07) is 9.19. The van der Waals surface area contributed by atoms with E-state index < -0.39 is 11.7 Å². The monoisotopic (exact) mass is 414 g/mol. The third-order valence-corrected chi connectivity index (χ3v) is 5.18. The summed E-state index contributed by atoms with van der Waals surface area (Å²) in [7, 11) is 3.08. The first kappa shape index (κ1) is 20.8. The van der Waals surface area contributed by atoms with Crippen LogP contribution in [0.2, 0.25) is 5.02 Å². The Morgan fingerprint density at radius 2 is 1.57 bits per heavy atom. The predicted octanol–water partition coefficient (Wildman–Crippen LogP) is 4.37. The van der Waals surface area contributed by atoms with Crippen molar-refractivity contribution in [1.29, 1.82) is 0 Å². The van der Waals surface area contributed by atoms with Gasteiger partial charge in [-0.1, -0.05) is 23.7 Å². The first-order valence-electron chi connectivity index (χ1n) is 8.88. The SMILES string of the molecule is COc1ccc(C(c2ccc(Cl)c(C(F)(F)F)c2)N2CCNCC2)cc1OC. The molecule has 1 saturated heterocycles. The maximum atomic E-state index is 13.4. The summed E-state index contributed by atoms with van der Waals surface area (Å²) in [4.78, 5) is 2.15. The Kier molecular flexibility index (Phi) is 6.37. The smallest absolute Gasteiger partial charge is 0.417 e. The summed E-state index contributed by atoms with van der Waals surface area (Å²) in [5.41, 5.74) is 0.535. The van der Waals surface area contributed by atoms with Crippen LogP contribution in [0.15, 0.2) is 36.4 Å². The van der Waals surface area contributed by atoms with E-state index in [9.17, 15) is 13.2 Å². The van der Waals surface area contributed by atoms with E-state index in [1.807, 2.05) is 12.1 Å². The molecule has 4 nitrogen and oxygen atoms in total. The third-order valence-electron chi connectivity index (χ3n) is 4.85. The molecule has 1 aliphatic rings. The van der Waals surface area contributed by atoms with Crippen LogP contribution in [0.1, 0.15) is 22.7 Å². The van der Waals surface area contributed by atoms with Crippen molar-refractivity contribution in [3.63, 3.8) is 0 Å². The predicted molar refractivity (Wildman–Crippen MR) is 102 cm³/mol. The molecule has 152 valence electrons. The van der Waals surface area contributed by atoms with Gasteiger partial charge in [0.2, 0.25) is 0 Å². The van der Waals surface area contributed by atoms with E-state index in [0.29, 0.717) is 30.2 Å². The normalized spacial score (nSPS) is 16.6. The van der Waals surface area contributed by atoms with Gasteiger partial charge in [-0.2, -0.15) is 13.2 Å². The van der Waals surface area contributed by atoms with Gasteiger partial charge in [0.05, 0.1) is 30.8 Å². The summed E-state index contributed by atoms with van der Waals surface area (Å²) >= 11 is 5.82. The molecule has 1 fully saturated rings. The van der Waals surface area contributed by atoms with Crippen molar-refractivity contribution >= 4 is 11.6 Å². The molecule has 2 aromatic rings. The molecular formula is C20H22ClF3N2O2. The van der Waals surface area contributed by atoms with Crippen LogP contribution in [-0.4, -0.2) is 45.3 Å². The highest BCUT2D eigenvalue weighted by Crippen LogP contribution is 2.40. The Morgan fingerprint density at radius 3 is 2.18 bits per heavy atom. The molecule has 8 heteroatoms. The van der Waals surface area contributed by atoms with Crippen LogP contribution in [0.5, 0.6) is 11.5 Å². The Morgan fingerprint density at radius 1 is 0.964 bits per heavy atom. The lowest BCUT2D eigenvalue weighted by Gasteiger charge is -2.36. The second kappa shape index (κ2) is 8.59. The topological polar surface area (TPSA) is 33.7 Å². The highest BCUT2D eigenvalue weighted by atomic mass is 35.5. The van der Waals surface area contributed by atoms with Gasteiger partial charge in [0.15, 0.2) is 11.5 Å². The van der Waals surface area contributed by atoms with Gasteiger partial charge in [0, 0.05) is 26.2 Å². The minimum Gasteiger partial charge on any atom is -0.493 e. The molecule has 1 unspecified atom stereocenters. The molecule has 1 atom stereocenters. The quantitative estimate of drug-likeness (QED) is 0.787. The van der Waals surface area contributed by atoms with E-state index in [4.69, 9.17) is 21.1 Å². The van der Waals surface area contributed by atoms with Crippen molar-refractivity contribution in [3.05, 3.63) is 58.1 Å². The zero-order chi connectivity index (χ0) is 20.3. The molecule has 2 aromatic carbocycles. The van der Waals surface area contributed by atoms with Crippen molar-refractivity contribution in [2.24, 2.45) is 0 Å². The van der Waals surface area contributed by atoms with Gasteiger partial charge in [-0.3, -0.25) is 4.90 Å². The molecule has 0 amide bonds. The molecular weight excluding hydrogens is 393 g/mol. The summed E-state index contributed by atoms with van der Waals surface area (Å²) in [5.74, 6) is 1.10. The number of piperazine rings is 1. The summed E-state index contributed by atoms with van der Waals surface area (Å²) in [6.07, 6.45) is -4.52. The summed E-state index contributed by atoms with van der Waals surface area (Å²) < 4.78 is 50.9. The zero-order valence-corrected chi connectivity index (χ0v) is 16.4. The van der Waals surface area contributed by atoms with Gasteiger partial charge >= 0.3 is 6.18 Å². The van der Waals surface area contributed by atoms with Crippen LogP contribution < -0.4 is 14.8 Å². The number of nitrogens with one attached hydrogen (secondary N) is 1. The fourth-order valence-electron chi connectivity index (χ4n) is 3.51. The highest BCUT2D eigenvalue weighted by Gasteiger charge is 2.35. The van der Waals surface area contributed by atoms with E-state index in [1.54, 1.807) is 19.2 Å². The lowest BCUT2D eigenvalue weighted by molar-refractivity contribution is -0.137. The van der Waals surface area contributed by atoms with Crippen LogP contribution in [-0.2, 0) is 6.18 Å². The van der Waals surface area contributed by atoms with Crippen molar-refractivity contribution in [2.75, 3.05) is 40.4 Å². The summed E-state index contributed by atoms with van der Waals surface area (Å²) in [6.45, 7) is 2.96. The number of nitrogens with zero attached hydrogens (tertiary/aromatic N) is 1. The molecule has 0 bridgehead atoms. The number of halogens is 4. The average molecular weight is 415 g/mol. The first-order valence-corrected chi connectivity index (χ1v) is 9.26. The lowest BCUT2D eigenvalue weighted by atomic mass is 9.94. The number of hydrogen-bond acceptors (Lipinski definition) is 4. The molecule has 1 aliphatic heterocycles.